The second-order valence-electron chi connectivity index (χ2n) is 4.60. The second-order valence-corrected chi connectivity index (χ2v) is 6.22. The molecule has 1 aromatic heterocycles. The van der Waals surface area contributed by atoms with Gasteiger partial charge in [0.05, 0.1) is 12.1 Å². The summed E-state index contributed by atoms with van der Waals surface area (Å²) in [6.07, 6.45) is 5.42. The van der Waals surface area contributed by atoms with E-state index in [1.165, 1.54) is 0 Å². The second kappa shape index (κ2) is 6.51. The Morgan fingerprint density at radius 3 is 2.57 bits per heavy atom. The molecular weight excluding hydrogens is 292 g/mol. The molecule has 1 amide bonds. The maximum Gasteiger partial charge on any atom is 0.226 e. The lowest BCUT2D eigenvalue weighted by Crippen LogP contribution is -2.15. The topological polar surface area (TPSA) is 107 Å². The van der Waals surface area contributed by atoms with E-state index in [9.17, 15) is 13.2 Å². The third-order valence-electron chi connectivity index (χ3n) is 2.76. The molecule has 1 heterocycles. The van der Waals surface area contributed by atoms with E-state index >= 15 is 0 Å². The molecule has 3 N–H and O–H groups in total. The number of carbonyl (C=O) groups excluding carboxylic acids is 1. The monoisotopic (exact) mass is 308 g/mol. The standard InChI is InChI=1S/C13H16N4O3S/c14-21(19,20)9-11-1-3-12(4-2-11)16-13(18)5-7-17-8-6-15-10-17/h1-4,6,8,10H,5,7,9H2,(H,16,18)(H2,14,19,20). The zero-order chi connectivity index (χ0) is 15.3. The Hall–Kier alpha value is -2.19. The van der Waals surface area contributed by atoms with Crippen LogP contribution in [0.2, 0.25) is 0 Å². The van der Waals surface area contributed by atoms with Crippen molar-refractivity contribution in [3.8, 4) is 0 Å². The van der Waals surface area contributed by atoms with Gasteiger partial charge in [0.2, 0.25) is 15.9 Å². The molecule has 0 aliphatic carbocycles. The molecule has 0 radical (unpaired) electrons. The first-order valence-corrected chi connectivity index (χ1v) is 7.99. The quantitative estimate of drug-likeness (QED) is 0.819. The molecule has 0 aliphatic heterocycles. The lowest BCUT2D eigenvalue weighted by molar-refractivity contribution is -0.116. The van der Waals surface area contributed by atoms with E-state index in [0.29, 0.717) is 24.2 Å². The highest BCUT2D eigenvalue weighted by atomic mass is 32.2. The zero-order valence-corrected chi connectivity index (χ0v) is 12.1. The third-order valence-corrected chi connectivity index (χ3v) is 3.50. The van der Waals surface area contributed by atoms with Crippen LogP contribution in [0, 0.1) is 0 Å². The summed E-state index contributed by atoms with van der Waals surface area (Å²) < 4.78 is 23.7. The minimum absolute atomic E-state index is 0.122. The largest absolute Gasteiger partial charge is 0.337 e. The van der Waals surface area contributed by atoms with Crippen LogP contribution < -0.4 is 10.5 Å². The first-order chi connectivity index (χ1) is 9.92. The van der Waals surface area contributed by atoms with Gasteiger partial charge < -0.3 is 9.88 Å². The van der Waals surface area contributed by atoms with Gasteiger partial charge in [-0.25, -0.2) is 18.5 Å². The number of anilines is 1. The van der Waals surface area contributed by atoms with Crippen LogP contribution in [0.15, 0.2) is 43.0 Å². The number of carbonyl (C=O) groups is 1. The Kier molecular flexibility index (Phi) is 4.71. The Balaban J connectivity index is 1.86. The van der Waals surface area contributed by atoms with Gasteiger partial charge in [-0.15, -0.1) is 0 Å². The summed E-state index contributed by atoms with van der Waals surface area (Å²) in [6.45, 7) is 0.551. The summed E-state index contributed by atoms with van der Waals surface area (Å²) in [4.78, 5) is 15.7. The molecule has 0 atom stereocenters. The van der Waals surface area contributed by atoms with Crippen molar-refractivity contribution in [1.82, 2.24) is 9.55 Å². The SMILES string of the molecule is NS(=O)(=O)Cc1ccc(NC(=O)CCn2ccnc2)cc1. The van der Waals surface area contributed by atoms with Crippen molar-refractivity contribution < 1.29 is 13.2 Å². The van der Waals surface area contributed by atoms with Gasteiger partial charge in [-0.1, -0.05) is 12.1 Å². The predicted octanol–water partition coefficient (Wildman–Crippen LogP) is 0.700. The molecule has 112 valence electrons. The van der Waals surface area contributed by atoms with E-state index in [4.69, 9.17) is 5.14 Å². The van der Waals surface area contributed by atoms with E-state index in [1.54, 1.807) is 43.0 Å². The van der Waals surface area contributed by atoms with Gasteiger partial charge in [0.1, 0.15) is 0 Å². The number of aryl methyl sites for hydroxylation is 1. The van der Waals surface area contributed by atoms with E-state index in [1.807, 2.05) is 4.57 Å². The molecular formula is C13H16N4O3S. The van der Waals surface area contributed by atoms with Crippen molar-refractivity contribution in [2.24, 2.45) is 5.14 Å². The van der Waals surface area contributed by atoms with Crippen molar-refractivity contribution in [3.05, 3.63) is 48.5 Å². The molecule has 0 saturated heterocycles. The number of hydrogen-bond acceptors (Lipinski definition) is 4. The van der Waals surface area contributed by atoms with Crippen molar-refractivity contribution in [1.29, 1.82) is 0 Å². The van der Waals surface area contributed by atoms with Crippen molar-refractivity contribution >= 4 is 21.6 Å². The van der Waals surface area contributed by atoms with E-state index in [-0.39, 0.29) is 11.7 Å². The third kappa shape index (κ3) is 5.36. The number of nitrogens with one attached hydrogen (secondary N) is 1. The fourth-order valence-electron chi connectivity index (χ4n) is 1.79. The molecule has 0 fully saturated rings. The lowest BCUT2D eigenvalue weighted by atomic mass is 10.2. The summed E-state index contributed by atoms with van der Waals surface area (Å²) in [5, 5.41) is 7.71. The zero-order valence-electron chi connectivity index (χ0n) is 11.3. The molecule has 2 rings (SSSR count). The maximum atomic E-state index is 11.8. The van der Waals surface area contributed by atoms with Crippen molar-refractivity contribution in [2.45, 2.75) is 18.7 Å². The van der Waals surface area contributed by atoms with E-state index < -0.39 is 10.0 Å². The van der Waals surface area contributed by atoms with Gasteiger partial charge in [-0.05, 0) is 17.7 Å². The highest BCUT2D eigenvalue weighted by Crippen LogP contribution is 2.11. The normalized spacial score (nSPS) is 11.3. The Labute approximate surface area is 122 Å². The molecule has 8 heteroatoms. The van der Waals surface area contributed by atoms with Crippen LogP contribution in [0.25, 0.3) is 0 Å². The van der Waals surface area contributed by atoms with Crippen molar-refractivity contribution in [3.63, 3.8) is 0 Å². The summed E-state index contributed by atoms with van der Waals surface area (Å²) in [6, 6.07) is 6.54. The van der Waals surface area contributed by atoms with Gasteiger partial charge in [0.25, 0.3) is 0 Å². The maximum absolute atomic E-state index is 11.8. The minimum atomic E-state index is -3.54. The molecule has 7 nitrogen and oxygen atoms in total. The molecule has 0 bridgehead atoms. The van der Waals surface area contributed by atoms with Crippen molar-refractivity contribution in [2.75, 3.05) is 5.32 Å². The molecule has 21 heavy (non-hydrogen) atoms. The summed E-state index contributed by atoms with van der Waals surface area (Å²) in [5.74, 6) is -0.343. The first kappa shape index (κ1) is 15.2. The number of sulfonamides is 1. The summed E-state index contributed by atoms with van der Waals surface area (Å²) in [7, 11) is -3.54. The first-order valence-electron chi connectivity index (χ1n) is 6.27. The number of hydrogen-bond donors (Lipinski definition) is 2. The fraction of sp³-hybridized carbons (Fsp3) is 0.231. The van der Waals surface area contributed by atoms with Gasteiger partial charge >= 0.3 is 0 Å². The Morgan fingerprint density at radius 1 is 1.29 bits per heavy atom. The summed E-state index contributed by atoms with van der Waals surface area (Å²) in [5.41, 5.74) is 1.19. The number of aromatic nitrogens is 2. The number of primary sulfonamides is 1. The molecule has 2 aromatic rings. The van der Waals surface area contributed by atoms with Crippen LogP contribution in [-0.4, -0.2) is 23.9 Å². The fourth-order valence-corrected chi connectivity index (χ4v) is 2.45. The van der Waals surface area contributed by atoms with Gasteiger partial charge in [-0.2, -0.15) is 0 Å². The molecule has 0 unspecified atom stereocenters. The number of amides is 1. The number of rotatable bonds is 6. The van der Waals surface area contributed by atoms with E-state index in [0.717, 1.165) is 0 Å². The Bertz CT molecular complexity index is 694. The molecule has 1 aromatic carbocycles. The van der Waals surface area contributed by atoms with Crippen LogP contribution >= 0.6 is 0 Å². The van der Waals surface area contributed by atoms with Gasteiger partial charge in [-0.3, -0.25) is 4.79 Å². The number of imidazole rings is 1. The van der Waals surface area contributed by atoms with Crippen LogP contribution in [0.3, 0.4) is 0 Å². The van der Waals surface area contributed by atoms with Crippen LogP contribution in [0.4, 0.5) is 5.69 Å². The predicted molar refractivity (Wildman–Crippen MR) is 78.7 cm³/mol. The minimum Gasteiger partial charge on any atom is -0.337 e. The average Bonchev–Trinajstić information content (AvgIpc) is 2.90. The van der Waals surface area contributed by atoms with Crippen LogP contribution in [0.1, 0.15) is 12.0 Å². The number of nitrogens with two attached hydrogens (primary N) is 1. The number of nitrogens with zero attached hydrogens (tertiary/aromatic N) is 2. The lowest BCUT2D eigenvalue weighted by Gasteiger charge is -2.06. The molecule has 0 saturated carbocycles. The molecule has 0 aliphatic rings. The highest BCUT2D eigenvalue weighted by Gasteiger charge is 2.06. The van der Waals surface area contributed by atoms with E-state index in [2.05, 4.69) is 10.3 Å². The smallest absolute Gasteiger partial charge is 0.226 e. The summed E-state index contributed by atoms with van der Waals surface area (Å²) >= 11 is 0. The van der Waals surface area contributed by atoms with Crippen LogP contribution in [0.5, 0.6) is 0 Å². The average molecular weight is 308 g/mol. The van der Waals surface area contributed by atoms with Crippen LogP contribution in [-0.2, 0) is 27.1 Å². The Morgan fingerprint density at radius 2 is 2.00 bits per heavy atom. The van der Waals surface area contributed by atoms with Gasteiger partial charge in [0.15, 0.2) is 0 Å². The number of benzene rings is 1. The van der Waals surface area contributed by atoms with Gasteiger partial charge in [0, 0.05) is 31.0 Å². The highest BCUT2D eigenvalue weighted by molar-refractivity contribution is 7.88. The molecule has 0 spiro atoms.